The van der Waals surface area contributed by atoms with Crippen LogP contribution in [0, 0.1) is 0 Å². The molecule has 0 atom stereocenters. The zero-order valence-corrected chi connectivity index (χ0v) is 18.1. The van der Waals surface area contributed by atoms with Gasteiger partial charge in [-0.15, -0.1) is 0 Å². The van der Waals surface area contributed by atoms with Crippen molar-refractivity contribution in [1.82, 2.24) is 14.9 Å². The standard InChI is InChI=1S/C20H21F6N5O3/c1-3-27-16-12(20(24,25)26)8-28-18(30-16)29-13-7-14(33-2)11(6-15(13)34-10-21)17(32)31-5-4-19(22,23)9-31/h6-8H,3-5,9-10H2,1-2H3,(H2,27,28,29,30). The van der Waals surface area contributed by atoms with Crippen LogP contribution in [0.3, 0.4) is 0 Å². The highest BCUT2D eigenvalue weighted by Crippen LogP contribution is 2.38. The quantitative estimate of drug-likeness (QED) is 0.525. The monoisotopic (exact) mass is 493 g/mol. The molecule has 2 aromatic rings. The fraction of sp³-hybridized carbons (Fsp3) is 0.450. The summed E-state index contributed by atoms with van der Waals surface area (Å²) < 4.78 is 89.8. The number of benzene rings is 1. The van der Waals surface area contributed by atoms with E-state index in [-0.39, 0.29) is 41.8 Å². The molecule has 0 unspecified atom stereocenters. The summed E-state index contributed by atoms with van der Waals surface area (Å²) in [5.41, 5.74) is -1.27. The van der Waals surface area contributed by atoms with E-state index in [1.165, 1.54) is 13.2 Å². The van der Waals surface area contributed by atoms with Crippen LogP contribution in [0.15, 0.2) is 18.3 Å². The number of alkyl halides is 6. The minimum Gasteiger partial charge on any atom is -0.496 e. The van der Waals surface area contributed by atoms with Crippen molar-refractivity contribution in [2.45, 2.75) is 25.4 Å². The average Bonchev–Trinajstić information content (AvgIpc) is 3.13. The molecule has 0 spiro atoms. The molecule has 3 rings (SSSR count). The first-order valence-corrected chi connectivity index (χ1v) is 10.0. The number of carbonyl (C=O) groups excluding carboxylic acids is 1. The van der Waals surface area contributed by atoms with Gasteiger partial charge in [-0.1, -0.05) is 0 Å². The number of nitrogens with one attached hydrogen (secondary N) is 2. The molecule has 1 amide bonds. The van der Waals surface area contributed by atoms with Crippen molar-refractivity contribution in [1.29, 1.82) is 0 Å². The van der Waals surface area contributed by atoms with Gasteiger partial charge in [0, 0.05) is 31.8 Å². The number of nitrogens with zero attached hydrogens (tertiary/aromatic N) is 3. The Hall–Kier alpha value is -3.45. The molecule has 34 heavy (non-hydrogen) atoms. The van der Waals surface area contributed by atoms with Crippen LogP contribution < -0.4 is 20.1 Å². The molecule has 1 saturated heterocycles. The lowest BCUT2D eigenvalue weighted by Crippen LogP contribution is -2.31. The van der Waals surface area contributed by atoms with Crippen LogP contribution in [0.25, 0.3) is 0 Å². The van der Waals surface area contributed by atoms with Crippen LogP contribution in [-0.4, -0.2) is 60.3 Å². The normalized spacial score (nSPS) is 15.2. The van der Waals surface area contributed by atoms with Gasteiger partial charge in [0.1, 0.15) is 22.9 Å². The Morgan fingerprint density at radius 3 is 2.56 bits per heavy atom. The van der Waals surface area contributed by atoms with Crippen LogP contribution >= 0.6 is 0 Å². The second-order valence-corrected chi connectivity index (χ2v) is 7.24. The molecule has 1 aliphatic heterocycles. The maximum absolute atomic E-state index is 13.6. The van der Waals surface area contributed by atoms with Gasteiger partial charge in [-0.2, -0.15) is 18.2 Å². The van der Waals surface area contributed by atoms with E-state index in [1.807, 2.05) is 0 Å². The fourth-order valence-corrected chi connectivity index (χ4v) is 3.32. The number of methoxy groups -OCH3 is 1. The molecule has 0 radical (unpaired) electrons. The summed E-state index contributed by atoms with van der Waals surface area (Å²) in [6.45, 7) is -0.538. The number of carbonyl (C=O) groups is 1. The first-order chi connectivity index (χ1) is 16.0. The number of aromatic nitrogens is 2. The highest BCUT2D eigenvalue weighted by Gasteiger charge is 2.41. The van der Waals surface area contributed by atoms with Crippen molar-refractivity contribution in [2.75, 3.05) is 44.2 Å². The summed E-state index contributed by atoms with van der Waals surface area (Å²) in [4.78, 5) is 21.2. The number of hydrogen-bond donors (Lipinski definition) is 2. The SMILES string of the molecule is CCNc1nc(Nc2cc(OC)c(C(=O)N3CCC(F)(F)C3)cc2OCF)ncc1C(F)(F)F. The maximum Gasteiger partial charge on any atom is 0.421 e. The third-order valence-corrected chi connectivity index (χ3v) is 4.88. The number of rotatable bonds is 8. The molecule has 8 nitrogen and oxygen atoms in total. The lowest BCUT2D eigenvalue weighted by Gasteiger charge is -2.20. The summed E-state index contributed by atoms with van der Waals surface area (Å²) >= 11 is 0. The minimum absolute atomic E-state index is 0.0278. The van der Waals surface area contributed by atoms with Gasteiger partial charge in [-0.05, 0) is 13.0 Å². The van der Waals surface area contributed by atoms with Gasteiger partial charge in [0.15, 0.2) is 0 Å². The van der Waals surface area contributed by atoms with Crippen molar-refractivity contribution in [3.8, 4) is 11.5 Å². The van der Waals surface area contributed by atoms with E-state index in [0.29, 0.717) is 6.20 Å². The molecule has 14 heteroatoms. The largest absolute Gasteiger partial charge is 0.496 e. The van der Waals surface area contributed by atoms with E-state index in [1.54, 1.807) is 6.92 Å². The molecule has 2 N–H and O–H groups in total. The third kappa shape index (κ3) is 5.54. The molecular formula is C20H21F6N5O3. The first kappa shape index (κ1) is 25.2. The van der Waals surface area contributed by atoms with Crippen molar-refractivity contribution in [3.05, 3.63) is 29.5 Å². The number of likely N-dealkylation sites (tertiary alicyclic amines) is 1. The second kappa shape index (κ2) is 9.81. The Balaban J connectivity index is 1.97. The van der Waals surface area contributed by atoms with E-state index < -0.39 is 49.2 Å². The van der Waals surface area contributed by atoms with Crippen LogP contribution in [0.5, 0.6) is 11.5 Å². The molecular weight excluding hydrogens is 472 g/mol. The average molecular weight is 493 g/mol. The lowest BCUT2D eigenvalue weighted by molar-refractivity contribution is -0.137. The number of halogens is 6. The van der Waals surface area contributed by atoms with Crippen LogP contribution in [0.1, 0.15) is 29.3 Å². The molecule has 1 aromatic carbocycles. The molecule has 186 valence electrons. The van der Waals surface area contributed by atoms with Crippen LogP contribution in [0.2, 0.25) is 0 Å². The summed E-state index contributed by atoms with van der Waals surface area (Å²) in [5, 5.41) is 5.11. The summed E-state index contributed by atoms with van der Waals surface area (Å²) in [6, 6.07) is 2.30. The predicted molar refractivity (Wildman–Crippen MR) is 110 cm³/mol. The highest BCUT2D eigenvalue weighted by molar-refractivity contribution is 5.98. The van der Waals surface area contributed by atoms with Crippen molar-refractivity contribution in [2.24, 2.45) is 0 Å². The fourth-order valence-electron chi connectivity index (χ4n) is 3.32. The Kier molecular flexibility index (Phi) is 7.26. The summed E-state index contributed by atoms with van der Waals surface area (Å²) in [7, 11) is 1.22. The molecule has 0 aliphatic carbocycles. The van der Waals surface area contributed by atoms with Gasteiger partial charge in [-0.3, -0.25) is 4.79 Å². The molecule has 0 saturated carbocycles. The smallest absolute Gasteiger partial charge is 0.421 e. The van der Waals surface area contributed by atoms with Gasteiger partial charge in [0.25, 0.3) is 11.8 Å². The van der Waals surface area contributed by atoms with E-state index in [4.69, 9.17) is 9.47 Å². The number of amides is 1. The number of anilines is 3. The molecule has 1 aromatic heterocycles. The Labute approximate surface area is 190 Å². The van der Waals surface area contributed by atoms with E-state index >= 15 is 0 Å². The van der Waals surface area contributed by atoms with Gasteiger partial charge in [-0.25, -0.2) is 18.2 Å². The van der Waals surface area contributed by atoms with Crippen LogP contribution in [-0.2, 0) is 6.18 Å². The topological polar surface area (TPSA) is 88.6 Å². The van der Waals surface area contributed by atoms with Crippen molar-refractivity contribution >= 4 is 23.4 Å². The minimum atomic E-state index is -4.70. The second-order valence-electron chi connectivity index (χ2n) is 7.24. The summed E-state index contributed by atoms with van der Waals surface area (Å²) in [6.07, 6.45) is -4.62. The lowest BCUT2D eigenvalue weighted by atomic mass is 10.1. The predicted octanol–water partition coefficient (Wildman–Crippen LogP) is 4.47. The zero-order valence-electron chi connectivity index (χ0n) is 18.1. The van der Waals surface area contributed by atoms with E-state index in [2.05, 4.69) is 20.6 Å². The van der Waals surface area contributed by atoms with E-state index in [9.17, 15) is 31.1 Å². The van der Waals surface area contributed by atoms with Gasteiger partial charge in [0.05, 0.1) is 24.9 Å². The summed E-state index contributed by atoms with van der Waals surface area (Å²) in [5.74, 6) is -4.85. The molecule has 1 aliphatic rings. The van der Waals surface area contributed by atoms with Crippen LogP contribution in [0.4, 0.5) is 43.8 Å². The van der Waals surface area contributed by atoms with Crippen molar-refractivity contribution < 1.29 is 40.6 Å². The third-order valence-electron chi connectivity index (χ3n) is 4.88. The first-order valence-electron chi connectivity index (χ1n) is 10.0. The molecule has 0 bridgehead atoms. The van der Waals surface area contributed by atoms with Gasteiger partial charge < -0.3 is 25.0 Å². The van der Waals surface area contributed by atoms with E-state index in [0.717, 1.165) is 11.0 Å². The highest BCUT2D eigenvalue weighted by atomic mass is 19.4. The number of hydrogen-bond acceptors (Lipinski definition) is 7. The van der Waals surface area contributed by atoms with Crippen molar-refractivity contribution in [3.63, 3.8) is 0 Å². The van der Waals surface area contributed by atoms with Gasteiger partial charge in [0.2, 0.25) is 12.8 Å². The molecule has 1 fully saturated rings. The molecule has 2 heterocycles. The number of ether oxygens (including phenoxy) is 2. The zero-order chi connectivity index (χ0) is 25.1. The van der Waals surface area contributed by atoms with Gasteiger partial charge >= 0.3 is 6.18 Å². The Morgan fingerprint density at radius 2 is 2.00 bits per heavy atom. The Bertz CT molecular complexity index is 1050. The Morgan fingerprint density at radius 1 is 1.26 bits per heavy atom. The maximum atomic E-state index is 13.6.